The maximum Gasteiger partial charge on any atom is 0.263 e. The Labute approximate surface area is 132 Å². The lowest BCUT2D eigenvalue weighted by Crippen LogP contribution is -2.13. The van der Waals surface area contributed by atoms with Crippen molar-refractivity contribution in [3.05, 3.63) is 34.4 Å². The summed E-state index contributed by atoms with van der Waals surface area (Å²) in [5, 5.41) is 6.82. The number of sulfonamides is 1. The lowest BCUT2D eigenvalue weighted by molar-refractivity contribution is 0.567. The van der Waals surface area contributed by atoms with Gasteiger partial charge in [0.05, 0.1) is 4.90 Å². The van der Waals surface area contributed by atoms with E-state index in [-0.39, 0.29) is 16.1 Å². The van der Waals surface area contributed by atoms with Crippen LogP contribution in [0.25, 0.3) is 0 Å². The highest BCUT2D eigenvalue weighted by atomic mass is 79.9. The fourth-order valence-corrected chi connectivity index (χ4v) is 3.18. The van der Waals surface area contributed by atoms with Gasteiger partial charge in [0.25, 0.3) is 10.0 Å². The smallest absolute Gasteiger partial charge is 0.263 e. The molecule has 1 aromatic carbocycles. The number of anilines is 2. The van der Waals surface area contributed by atoms with Crippen LogP contribution in [0.1, 0.15) is 26.5 Å². The van der Waals surface area contributed by atoms with Crippen LogP contribution in [0.15, 0.2) is 33.6 Å². The Bertz CT molecular complexity index is 763. The van der Waals surface area contributed by atoms with Gasteiger partial charge in [-0.2, -0.15) is 5.10 Å². The zero-order valence-corrected chi connectivity index (χ0v) is 14.3. The van der Waals surface area contributed by atoms with E-state index in [1.54, 1.807) is 6.07 Å². The van der Waals surface area contributed by atoms with Crippen molar-refractivity contribution >= 4 is 37.5 Å². The molecule has 0 radical (unpaired) electrons. The summed E-state index contributed by atoms with van der Waals surface area (Å²) in [6.45, 7) is 6.03. The van der Waals surface area contributed by atoms with E-state index >= 15 is 0 Å². The first-order valence-electron chi connectivity index (χ1n) is 6.23. The summed E-state index contributed by atoms with van der Waals surface area (Å²) in [6, 6.07) is 6.11. The molecule has 0 atom stereocenters. The predicted molar refractivity (Wildman–Crippen MR) is 86.7 cm³/mol. The Balaban J connectivity index is 2.29. The zero-order valence-electron chi connectivity index (χ0n) is 11.9. The Hall–Kier alpha value is -1.54. The van der Waals surface area contributed by atoms with E-state index in [2.05, 4.69) is 30.8 Å². The molecule has 114 valence electrons. The van der Waals surface area contributed by atoms with Gasteiger partial charge >= 0.3 is 0 Å². The predicted octanol–water partition coefficient (Wildman–Crippen LogP) is 2.85. The summed E-state index contributed by atoms with van der Waals surface area (Å²) < 4.78 is 27.6. The number of nitrogens with zero attached hydrogens (tertiary/aromatic N) is 1. The molecule has 0 saturated carbocycles. The van der Waals surface area contributed by atoms with Crippen molar-refractivity contribution in [2.45, 2.75) is 31.1 Å². The molecule has 0 aliphatic carbocycles. The maximum absolute atomic E-state index is 12.3. The van der Waals surface area contributed by atoms with Gasteiger partial charge in [0.2, 0.25) is 0 Å². The molecule has 2 rings (SSSR count). The molecule has 4 N–H and O–H groups in total. The molecule has 0 amide bonds. The molecule has 2 aromatic rings. The molecule has 8 heteroatoms. The van der Waals surface area contributed by atoms with Gasteiger partial charge in [-0.1, -0.05) is 20.8 Å². The van der Waals surface area contributed by atoms with Crippen molar-refractivity contribution in [2.75, 3.05) is 10.5 Å². The number of nitrogens with two attached hydrogens (primary N) is 1. The SMILES string of the molecule is CC(C)(C)c1cc(NS(=O)(=O)c2ccc(N)c(Br)c2)n[nH]1. The number of aromatic amines is 1. The molecule has 1 aromatic heterocycles. The quantitative estimate of drug-likeness (QED) is 0.720. The van der Waals surface area contributed by atoms with Crippen LogP contribution in [0, 0.1) is 0 Å². The van der Waals surface area contributed by atoms with Crippen molar-refractivity contribution in [3.63, 3.8) is 0 Å². The third kappa shape index (κ3) is 3.56. The third-order valence-corrected chi connectivity index (χ3v) is 4.95. The lowest BCUT2D eigenvalue weighted by atomic mass is 9.92. The first kappa shape index (κ1) is 15.8. The van der Waals surface area contributed by atoms with Crippen molar-refractivity contribution < 1.29 is 8.42 Å². The third-order valence-electron chi connectivity index (χ3n) is 2.91. The maximum atomic E-state index is 12.3. The molecule has 1 heterocycles. The first-order valence-corrected chi connectivity index (χ1v) is 8.51. The molecule has 21 heavy (non-hydrogen) atoms. The van der Waals surface area contributed by atoms with Crippen molar-refractivity contribution in [1.82, 2.24) is 10.2 Å². The highest BCUT2D eigenvalue weighted by molar-refractivity contribution is 9.10. The van der Waals surface area contributed by atoms with Crippen LogP contribution in [-0.4, -0.2) is 18.6 Å². The lowest BCUT2D eigenvalue weighted by Gasteiger charge is -2.14. The second kappa shape index (κ2) is 5.34. The number of aromatic nitrogens is 2. The average Bonchev–Trinajstić information content (AvgIpc) is 2.80. The van der Waals surface area contributed by atoms with Gasteiger partial charge in [0, 0.05) is 27.3 Å². The summed E-state index contributed by atoms with van der Waals surface area (Å²) in [4.78, 5) is 0.115. The zero-order chi connectivity index (χ0) is 15.8. The number of nitrogen functional groups attached to an aromatic ring is 1. The standard InChI is InChI=1S/C13H17BrN4O2S/c1-13(2,3)11-7-12(17-16-11)18-21(19,20)8-4-5-10(15)9(14)6-8/h4-7H,15H2,1-3H3,(H2,16,17,18). The van der Waals surface area contributed by atoms with Gasteiger partial charge < -0.3 is 5.73 Å². The molecule has 0 spiro atoms. The van der Waals surface area contributed by atoms with Crippen molar-refractivity contribution in [1.29, 1.82) is 0 Å². The summed E-state index contributed by atoms with van der Waals surface area (Å²) in [6.07, 6.45) is 0. The van der Waals surface area contributed by atoms with Crippen LogP contribution in [0.2, 0.25) is 0 Å². The van der Waals surface area contributed by atoms with Crippen molar-refractivity contribution in [2.24, 2.45) is 0 Å². The van der Waals surface area contributed by atoms with Crippen LogP contribution in [0.5, 0.6) is 0 Å². The Morgan fingerprint density at radius 2 is 1.95 bits per heavy atom. The van der Waals surface area contributed by atoms with Gasteiger partial charge in [-0.15, -0.1) is 0 Å². The molecule has 6 nitrogen and oxygen atoms in total. The first-order chi connectivity index (χ1) is 9.59. The van der Waals surface area contributed by atoms with Crippen LogP contribution in [-0.2, 0) is 15.4 Å². The largest absolute Gasteiger partial charge is 0.398 e. The van der Waals surface area contributed by atoms with Gasteiger partial charge in [0.15, 0.2) is 5.82 Å². The normalized spacial score (nSPS) is 12.4. The average molecular weight is 373 g/mol. The topological polar surface area (TPSA) is 101 Å². The van der Waals surface area contributed by atoms with Crippen LogP contribution in [0.4, 0.5) is 11.5 Å². The number of hydrogen-bond acceptors (Lipinski definition) is 4. The fourth-order valence-electron chi connectivity index (χ4n) is 1.63. The molecule has 0 aliphatic rings. The number of halogens is 1. The molecule has 0 aliphatic heterocycles. The van der Waals surface area contributed by atoms with E-state index in [1.807, 2.05) is 20.8 Å². The minimum Gasteiger partial charge on any atom is -0.398 e. The summed E-state index contributed by atoms with van der Waals surface area (Å²) >= 11 is 3.22. The summed E-state index contributed by atoms with van der Waals surface area (Å²) in [5.41, 5.74) is 6.84. The van der Waals surface area contributed by atoms with E-state index in [1.165, 1.54) is 18.2 Å². The summed E-state index contributed by atoms with van der Waals surface area (Å²) in [5.74, 6) is 0.257. The van der Waals surface area contributed by atoms with Gasteiger partial charge in [-0.25, -0.2) is 8.42 Å². The molecule has 0 bridgehead atoms. The molecular formula is C13H17BrN4O2S. The highest BCUT2D eigenvalue weighted by Crippen LogP contribution is 2.26. The van der Waals surface area contributed by atoms with Crippen molar-refractivity contribution in [3.8, 4) is 0 Å². The van der Waals surface area contributed by atoms with E-state index in [9.17, 15) is 8.42 Å². The van der Waals surface area contributed by atoms with Gasteiger partial charge in [-0.3, -0.25) is 9.82 Å². The van der Waals surface area contributed by atoms with E-state index in [4.69, 9.17) is 5.73 Å². The van der Waals surface area contributed by atoms with Crippen LogP contribution >= 0.6 is 15.9 Å². The van der Waals surface area contributed by atoms with E-state index in [0.29, 0.717) is 10.2 Å². The number of nitrogens with one attached hydrogen (secondary N) is 2. The monoisotopic (exact) mass is 372 g/mol. The van der Waals surface area contributed by atoms with Crippen LogP contribution in [0.3, 0.4) is 0 Å². The van der Waals surface area contributed by atoms with Gasteiger partial charge in [0.1, 0.15) is 0 Å². The van der Waals surface area contributed by atoms with Crippen LogP contribution < -0.4 is 10.5 Å². The minimum atomic E-state index is -3.70. The Kier molecular flexibility index (Phi) is 4.03. The number of H-pyrrole nitrogens is 1. The molecule has 0 unspecified atom stereocenters. The Morgan fingerprint density at radius 1 is 1.29 bits per heavy atom. The second-order valence-electron chi connectivity index (χ2n) is 5.71. The number of benzene rings is 1. The number of rotatable bonds is 3. The number of hydrogen-bond donors (Lipinski definition) is 3. The molecule has 0 saturated heterocycles. The molecular weight excluding hydrogens is 356 g/mol. The Morgan fingerprint density at radius 3 is 2.48 bits per heavy atom. The fraction of sp³-hybridized carbons (Fsp3) is 0.308. The van der Waals surface area contributed by atoms with E-state index < -0.39 is 10.0 Å². The minimum absolute atomic E-state index is 0.115. The summed E-state index contributed by atoms with van der Waals surface area (Å²) in [7, 11) is -3.70. The molecule has 0 fully saturated rings. The second-order valence-corrected chi connectivity index (χ2v) is 8.24. The van der Waals surface area contributed by atoms with Gasteiger partial charge in [-0.05, 0) is 34.1 Å². The highest BCUT2D eigenvalue weighted by Gasteiger charge is 2.20. The van der Waals surface area contributed by atoms with E-state index in [0.717, 1.165) is 5.69 Å².